The molecule has 180 valence electrons. The minimum atomic E-state index is -1.59. The maximum atomic E-state index is 12.6. The fourth-order valence-corrected chi connectivity index (χ4v) is 2.42. The van der Waals surface area contributed by atoms with Crippen LogP contribution in [0.1, 0.15) is 38.5 Å². The monoisotopic (exact) mass is 461 g/mol. The van der Waals surface area contributed by atoms with E-state index in [9.17, 15) is 33.6 Å². The molecule has 0 aliphatic rings. The lowest BCUT2D eigenvalue weighted by Gasteiger charge is -2.24. The van der Waals surface area contributed by atoms with Crippen molar-refractivity contribution in [1.29, 1.82) is 0 Å². The summed E-state index contributed by atoms with van der Waals surface area (Å²) in [4.78, 5) is 80.5. The van der Waals surface area contributed by atoms with E-state index in [-0.39, 0.29) is 19.3 Å². The Kier molecular flexibility index (Phi) is 12.6. The molecule has 4 amide bonds. The van der Waals surface area contributed by atoms with E-state index in [4.69, 9.17) is 26.8 Å². The van der Waals surface area contributed by atoms with Crippen molar-refractivity contribution in [3.8, 4) is 0 Å². The predicted molar refractivity (Wildman–Crippen MR) is 105 cm³/mol. The molecule has 3 atom stereocenters. The maximum absolute atomic E-state index is 12.6. The zero-order valence-electron chi connectivity index (χ0n) is 17.0. The van der Waals surface area contributed by atoms with Crippen LogP contribution in [0.3, 0.4) is 0 Å². The number of aliphatic carboxylic acids is 3. The number of carbonyl (C=O) groups excluding carboxylic acids is 4. The third-order valence-corrected chi connectivity index (χ3v) is 4.06. The van der Waals surface area contributed by atoms with Crippen LogP contribution in [0.25, 0.3) is 0 Å². The Morgan fingerprint density at radius 3 is 1.47 bits per heavy atom. The third kappa shape index (κ3) is 12.1. The van der Waals surface area contributed by atoms with Gasteiger partial charge in [0, 0.05) is 19.3 Å². The van der Waals surface area contributed by atoms with Crippen molar-refractivity contribution in [2.24, 2.45) is 11.5 Å². The van der Waals surface area contributed by atoms with Crippen molar-refractivity contribution in [2.75, 3.05) is 6.54 Å². The average Bonchev–Trinajstić information content (AvgIpc) is 2.69. The largest absolute Gasteiger partial charge is 0.481 e. The molecule has 10 N–H and O–H groups in total. The van der Waals surface area contributed by atoms with Gasteiger partial charge >= 0.3 is 17.9 Å². The summed E-state index contributed by atoms with van der Waals surface area (Å²) in [6.07, 6.45) is -2.56. The minimum Gasteiger partial charge on any atom is -0.481 e. The van der Waals surface area contributed by atoms with Gasteiger partial charge < -0.3 is 42.7 Å². The van der Waals surface area contributed by atoms with Gasteiger partial charge in [-0.3, -0.25) is 28.8 Å². The fraction of sp³-hybridized carbons (Fsp3) is 0.588. The molecule has 0 bridgehead atoms. The lowest BCUT2D eigenvalue weighted by Crippen LogP contribution is -2.56. The van der Waals surface area contributed by atoms with Crippen LogP contribution in [0.4, 0.5) is 0 Å². The first-order valence-electron chi connectivity index (χ1n) is 9.42. The average molecular weight is 461 g/mol. The maximum Gasteiger partial charge on any atom is 0.326 e. The Labute approximate surface area is 181 Å². The van der Waals surface area contributed by atoms with E-state index in [1.807, 2.05) is 0 Å². The molecule has 0 fully saturated rings. The van der Waals surface area contributed by atoms with Gasteiger partial charge in [0.2, 0.25) is 23.6 Å². The predicted octanol–water partition coefficient (Wildman–Crippen LogP) is -3.52. The van der Waals surface area contributed by atoms with E-state index in [2.05, 4.69) is 16.0 Å². The first kappa shape index (κ1) is 28.2. The zero-order valence-corrected chi connectivity index (χ0v) is 17.0. The van der Waals surface area contributed by atoms with Gasteiger partial charge in [-0.05, 0) is 19.3 Å². The van der Waals surface area contributed by atoms with E-state index in [0.717, 1.165) is 0 Å². The first-order valence-corrected chi connectivity index (χ1v) is 9.42. The minimum absolute atomic E-state index is 0.339. The van der Waals surface area contributed by atoms with Crippen molar-refractivity contribution < 1.29 is 48.9 Å². The molecule has 15 nitrogen and oxygen atoms in total. The van der Waals surface area contributed by atoms with Crippen LogP contribution in [0, 0.1) is 0 Å². The number of rotatable bonds is 16. The number of hydrogen-bond acceptors (Lipinski definition) is 8. The standard InChI is InChI=1S/C17H27N5O10/c18-7-12(24)20-8(2-5-13(25)26)15(29)21-9(1-4-11(19)23)16(30)22-10(17(31)32)3-6-14(27)28/h8-10H,1-7,18H2,(H2,19,23)(H,20,24)(H,21,29)(H,22,30)(H,25,26)(H,27,28)(H,31,32). The lowest BCUT2D eigenvalue weighted by atomic mass is 10.1. The molecule has 0 saturated heterocycles. The highest BCUT2D eigenvalue weighted by Gasteiger charge is 2.30. The quantitative estimate of drug-likeness (QED) is 0.112. The van der Waals surface area contributed by atoms with Crippen molar-refractivity contribution in [3.63, 3.8) is 0 Å². The van der Waals surface area contributed by atoms with E-state index < -0.39 is 85.5 Å². The van der Waals surface area contributed by atoms with Crippen LogP contribution < -0.4 is 27.4 Å². The van der Waals surface area contributed by atoms with Crippen LogP contribution in [-0.2, 0) is 33.6 Å². The summed E-state index contributed by atoms with van der Waals surface area (Å²) >= 11 is 0. The molecule has 0 aromatic rings. The van der Waals surface area contributed by atoms with Crippen molar-refractivity contribution in [1.82, 2.24) is 16.0 Å². The summed E-state index contributed by atoms with van der Waals surface area (Å²) in [6.45, 7) is -0.494. The van der Waals surface area contributed by atoms with Gasteiger partial charge in [0.15, 0.2) is 0 Å². The molecule has 0 aliphatic carbocycles. The fourth-order valence-electron chi connectivity index (χ4n) is 2.42. The topological polar surface area (TPSA) is 268 Å². The van der Waals surface area contributed by atoms with Crippen molar-refractivity contribution >= 4 is 41.5 Å². The second kappa shape index (κ2) is 14.3. The Morgan fingerprint density at radius 1 is 0.656 bits per heavy atom. The highest BCUT2D eigenvalue weighted by molar-refractivity contribution is 5.94. The van der Waals surface area contributed by atoms with Gasteiger partial charge in [-0.2, -0.15) is 0 Å². The molecule has 0 radical (unpaired) electrons. The van der Waals surface area contributed by atoms with Crippen LogP contribution >= 0.6 is 0 Å². The third-order valence-electron chi connectivity index (χ3n) is 4.06. The number of hydrogen-bond donors (Lipinski definition) is 8. The Hall–Kier alpha value is -3.75. The molecule has 0 aromatic carbocycles. The van der Waals surface area contributed by atoms with E-state index in [1.165, 1.54) is 0 Å². The molecule has 32 heavy (non-hydrogen) atoms. The summed E-state index contributed by atoms with van der Waals surface area (Å²) < 4.78 is 0. The lowest BCUT2D eigenvalue weighted by molar-refractivity contribution is -0.143. The summed E-state index contributed by atoms with van der Waals surface area (Å²) in [5, 5.41) is 33.2. The number of carbonyl (C=O) groups is 7. The SMILES string of the molecule is NCC(=O)NC(CCC(=O)O)C(=O)NC(CCC(N)=O)C(=O)NC(CCC(=O)O)C(=O)O. The van der Waals surface area contributed by atoms with Crippen LogP contribution in [0.2, 0.25) is 0 Å². The number of carboxylic acid groups (broad SMARTS) is 3. The van der Waals surface area contributed by atoms with E-state index >= 15 is 0 Å². The van der Waals surface area contributed by atoms with E-state index in [1.54, 1.807) is 0 Å². The summed E-state index contributed by atoms with van der Waals surface area (Å²) in [7, 11) is 0. The number of carboxylic acids is 3. The highest BCUT2D eigenvalue weighted by atomic mass is 16.4. The van der Waals surface area contributed by atoms with Crippen molar-refractivity contribution in [3.05, 3.63) is 0 Å². The van der Waals surface area contributed by atoms with Crippen LogP contribution in [0.15, 0.2) is 0 Å². The van der Waals surface area contributed by atoms with Crippen LogP contribution in [-0.4, -0.2) is 81.5 Å². The van der Waals surface area contributed by atoms with Gasteiger partial charge in [0.25, 0.3) is 0 Å². The zero-order chi connectivity index (χ0) is 24.8. The summed E-state index contributed by atoms with van der Waals surface area (Å²) in [5.74, 6) is -7.68. The molecule has 0 aliphatic heterocycles. The molecule has 0 rings (SSSR count). The molecule has 15 heteroatoms. The number of nitrogens with one attached hydrogen (secondary N) is 3. The molecule has 0 saturated carbocycles. The van der Waals surface area contributed by atoms with Crippen molar-refractivity contribution in [2.45, 2.75) is 56.7 Å². The number of nitrogens with two attached hydrogens (primary N) is 2. The Balaban J connectivity index is 5.47. The second-order valence-corrected chi connectivity index (χ2v) is 6.65. The Bertz CT molecular complexity index is 741. The van der Waals surface area contributed by atoms with Gasteiger partial charge in [-0.15, -0.1) is 0 Å². The highest BCUT2D eigenvalue weighted by Crippen LogP contribution is 2.05. The second-order valence-electron chi connectivity index (χ2n) is 6.65. The first-order chi connectivity index (χ1) is 14.9. The van der Waals surface area contributed by atoms with Crippen LogP contribution in [0.5, 0.6) is 0 Å². The Morgan fingerprint density at radius 2 is 1.06 bits per heavy atom. The molecular weight excluding hydrogens is 434 g/mol. The smallest absolute Gasteiger partial charge is 0.326 e. The molecule has 0 spiro atoms. The van der Waals surface area contributed by atoms with Gasteiger partial charge in [0.1, 0.15) is 18.1 Å². The van der Waals surface area contributed by atoms with Gasteiger partial charge in [-0.25, -0.2) is 4.79 Å². The van der Waals surface area contributed by atoms with E-state index in [0.29, 0.717) is 0 Å². The molecule has 0 aromatic heterocycles. The van der Waals surface area contributed by atoms with Gasteiger partial charge in [0.05, 0.1) is 6.54 Å². The van der Waals surface area contributed by atoms with Gasteiger partial charge in [-0.1, -0.05) is 0 Å². The molecule has 0 heterocycles. The summed E-state index contributed by atoms with van der Waals surface area (Å²) in [5.41, 5.74) is 10.2. The summed E-state index contributed by atoms with van der Waals surface area (Å²) in [6, 6.07) is -4.46. The molecule has 3 unspecified atom stereocenters. The number of amides is 4. The normalized spacial score (nSPS) is 13.2. The number of primary amides is 1. The molecular formula is C17H27N5O10.